The highest BCUT2D eigenvalue weighted by molar-refractivity contribution is 5.77. The van der Waals surface area contributed by atoms with Gasteiger partial charge in [0.15, 0.2) is 6.61 Å². The molecule has 0 atom stereocenters. The molecular formula is C21H20FN3O4. The SMILES string of the molecule is COc1ccc(-c2ccc(=O)n(CCNC(=O)COc3ccc(F)cc3)n2)cc1. The first-order chi connectivity index (χ1) is 14.0. The Morgan fingerprint density at radius 1 is 1.03 bits per heavy atom. The van der Waals surface area contributed by atoms with Crippen LogP contribution in [0.1, 0.15) is 0 Å². The summed E-state index contributed by atoms with van der Waals surface area (Å²) in [6, 6.07) is 15.8. The second-order valence-electron chi connectivity index (χ2n) is 6.10. The van der Waals surface area contributed by atoms with Gasteiger partial charge in [-0.05, 0) is 54.6 Å². The Bertz CT molecular complexity index is 1020. The van der Waals surface area contributed by atoms with E-state index in [2.05, 4.69) is 10.4 Å². The molecule has 29 heavy (non-hydrogen) atoms. The minimum absolute atomic E-state index is 0.208. The zero-order valence-electron chi connectivity index (χ0n) is 15.8. The highest BCUT2D eigenvalue weighted by Crippen LogP contribution is 2.19. The van der Waals surface area contributed by atoms with Crippen LogP contribution in [0.15, 0.2) is 65.5 Å². The zero-order valence-corrected chi connectivity index (χ0v) is 15.8. The molecule has 3 rings (SSSR count). The average Bonchev–Trinajstić information content (AvgIpc) is 2.75. The molecule has 3 aromatic rings. The van der Waals surface area contributed by atoms with E-state index in [1.807, 2.05) is 24.3 Å². The Kier molecular flexibility index (Phi) is 6.57. The number of benzene rings is 2. The van der Waals surface area contributed by atoms with Crippen LogP contribution in [0.4, 0.5) is 4.39 Å². The molecule has 0 aliphatic heterocycles. The van der Waals surface area contributed by atoms with E-state index in [4.69, 9.17) is 9.47 Å². The van der Waals surface area contributed by atoms with Crippen molar-refractivity contribution in [3.05, 3.63) is 76.8 Å². The molecule has 2 aromatic carbocycles. The van der Waals surface area contributed by atoms with Crippen molar-refractivity contribution < 1.29 is 18.7 Å². The topological polar surface area (TPSA) is 82.5 Å². The summed E-state index contributed by atoms with van der Waals surface area (Å²) in [6.07, 6.45) is 0. The van der Waals surface area contributed by atoms with Crippen molar-refractivity contribution in [3.63, 3.8) is 0 Å². The number of halogens is 1. The monoisotopic (exact) mass is 397 g/mol. The molecule has 0 aliphatic rings. The molecule has 150 valence electrons. The van der Waals surface area contributed by atoms with Gasteiger partial charge in [-0.15, -0.1) is 0 Å². The molecule has 1 aromatic heterocycles. The fourth-order valence-electron chi connectivity index (χ4n) is 2.56. The average molecular weight is 397 g/mol. The number of carbonyl (C=O) groups is 1. The standard InChI is InChI=1S/C21H20FN3O4/c1-28-17-6-2-15(3-7-17)19-10-11-21(27)25(24-19)13-12-23-20(26)14-29-18-8-4-16(22)5-9-18/h2-11H,12-14H2,1H3,(H,23,26). The minimum Gasteiger partial charge on any atom is -0.497 e. The lowest BCUT2D eigenvalue weighted by Gasteiger charge is -2.10. The van der Waals surface area contributed by atoms with E-state index in [1.54, 1.807) is 13.2 Å². The number of methoxy groups -OCH3 is 1. The number of nitrogens with zero attached hydrogens (tertiary/aromatic N) is 2. The summed E-state index contributed by atoms with van der Waals surface area (Å²) in [5, 5.41) is 7.00. The molecule has 8 heteroatoms. The summed E-state index contributed by atoms with van der Waals surface area (Å²) >= 11 is 0. The molecule has 0 radical (unpaired) electrons. The van der Waals surface area contributed by atoms with Crippen LogP contribution in [-0.2, 0) is 11.3 Å². The van der Waals surface area contributed by atoms with Gasteiger partial charge in [0.05, 0.1) is 19.3 Å². The molecule has 1 N–H and O–H groups in total. The van der Waals surface area contributed by atoms with Gasteiger partial charge >= 0.3 is 0 Å². The number of hydrogen-bond acceptors (Lipinski definition) is 5. The number of nitrogens with one attached hydrogen (secondary N) is 1. The van der Waals surface area contributed by atoms with Gasteiger partial charge in [0, 0.05) is 18.2 Å². The van der Waals surface area contributed by atoms with Crippen LogP contribution in [0.25, 0.3) is 11.3 Å². The first-order valence-corrected chi connectivity index (χ1v) is 8.93. The summed E-state index contributed by atoms with van der Waals surface area (Å²) in [5.74, 6) is 0.393. The lowest BCUT2D eigenvalue weighted by Crippen LogP contribution is -2.34. The normalized spacial score (nSPS) is 10.4. The van der Waals surface area contributed by atoms with Gasteiger partial charge in [0.1, 0.15) is 17.3 Å². The third-order valence-electron chi connectivity index (χ3n) is 4.08. The molecule has 0 spiro atoms. The molecule has 0 aliphatic carbocycles. The molecule has 0 saturated carbocycles. The van der Waals surface area contributed by atoms with E-state index in [0.717, 1.165) is 11.3 Å². The third kappa shape index (κ3) is 5.65. The van der Waals surface area contributed by atoms with Crippen molar-refractivity contribution in [1.29, 1.82) is 0 Å². The molecule has 0 unspecified atom stereocenters. The predicted octanol–water partition coefficient (Wildman–Crippen LogP) is 2.25. The van der Waals surface area contributed by atoms with Crippen LogP contribution in [0.2, 0.25) is 0 Å². The zero-order chi connectivity index (χ0) is 20.6. The van der Waals surface area contributed by atoms with E-state index in [0.29, 0.717) is 11.4 Å². The number of carbonyl (C=O) groups excluding carboxylic acids is 1. The quantitative estimate of drug-likeness (QED) is 0.631. The first kappa shape index (κ1) is 20.1. The second-order valence-corrected chi connectivity index (χ2v) is 6.10. The second kappa shape index (κ2) is 9.50. The highest BCUT2D eigenvalue weighted by atomic mass is 19.1. The van der Waals surface area contributed by atoms with Gasteiger partial charge < -0.3 is 14.8 Å². The van der Waals surface area contributed by atoms with Gasteiger partial charge in [-0.2, -0.15) is 5.10 Å². The Morgan fingerprint density at radius 2 is 1.72 bits per heavy atom. The van der Waals surface area contributed by atoms with Gasteiger partial charge in [0.25, 0.3) is 11.5 Å². The van der Waals surface area contributed by atoms with Crippen molar-refractivity contribution >= 4 is 5.91 Å². The summed E-state index contributed by atoms with van der Waals surface area (Å²) in [4.78, 5) is 23.9. The van der Waals surface area contributed by atoms with Crippen molar-refractivity contribution in [3.8, 4) is 22.8 Å². The van der Waals surface area contributed by atoms with Crippen LogP contribution < -0.4 is 20.3 Å². The molecule has 0 fully saturated rings. The summed E-state index contributed by atoms with van der Waals surface area (Å²) in [7, 11) is 1.59. The summed E-state index contributed by atoms with van der Waals surface area (Å²) in [5.41, 5.74) is 1.22. The van der Waals surface area contributed by atoms with Crippen LogP contribution in [-0.4, -0.2) is 35.9 Å². The summed E-state index contributed by atoms with van der Waals surface area (Å²) in [6.45, 7) is 0.218. The van der Waals surface area contributed by atoms with Crippen molar-refractivity contribution in [1.82, 2.24) is 15.1 Å². The number of hydrogen-bond donors (Lipinski definition) is 1. The number of rotatable bonds is 8. The molecule has 0 bridgehead atoms. The fourth-order valence-corrected chi connectivity index (χ4v) is 2.56. The van der Waals surface area contributed by atoms with Crippen molar-refractivity contribution in [2.24, 2.45) is 0 Å². The smallest absolute Gasteiger partial charge is 0.266 e. The van der Waals surface area contributed by atoms with Crippen molar-refractivity contribution in [2.75, 3.05) is 20.3 Å². The van der Waals surface area contributed by atoms with E-state index in [-0.39, 0.29) is 37.0 Å². The molecule has 1 heterocycles. The van der Waals surface area contributed by atoms with Crippen LogP contribution in [0, 0.1) is 5.82 Å². The van der Waals surface area contributed by atoms with E-state index in [9.17, 15) is 14.0 Å². The largest absolute Gasteiger partial charge is 0.497 e. The van der Waals surface area contributed by atoms with Gasteiger partial charge in [-0.3, -0.25) is 9.59 Å². The third-order valence-corrected chi connectivity index (χ3v) is 4.08. The molecule has 7 nitrogen and oxygen atoms in total. The van der Waals surface area contributed by atoms with Gasteiger partial charge in [0.2, 0.25) is 0 Å². The predicted molar refractivity (Wildman–Crippen MR) is 105 cm³/mol. The number of amides is 1. The lowest BCUT2D eigenvalue weighted by molar-refractivity contribution is -0.123. The van der Waals surface area contributed by atoms with Crippen molar-refractivity contribution in [2.45, 2.75) is 6.54 Å². The van der Waals surface area contributed by atoms with Gasteiger partial charge in [-0.1, -0.05) is 0 Å². The maximum Gasteiger partial charge on any atom is 0.266 e. The number of ether oxygens (including phenoxy) is 2. The molecule has 0 saturated heterocycles. The first-order valence-electron chi connectivity index (χ1n) is 8.93. The lowest BCUT2D eigenvalue weighted by atomic mass is 10.1. The Balaban J connectivity index is 1.53. The van der Waals surface area contributed by atoms with E-state index < -0.39 is 0 Å². The maximum absolute atomic E-state index is 12.8. The van der Waals surface area contributed by atoms with Crippen LogP contribution >= 0.6 is 0 Å². The Hall–Kier alpha value is -3.68. The van der Waals surface area contributed by atoms with Crippen LogP contribution in [0.5, 0.6) is 11.5 Å². The van der Waals surface area contributed by atoms with E-state index >= 15 is 0 Å². The fraction of sp³-hybridized carbons (Fsp3) is 0.190. The Labute approximate surface area is 166 Å². The van der Waals surface area contributed by atoms with Gasteiger partial charge in [-0.25, -0.2) is 9.07 Å². The molecule has 1 amide bonds. The summed E-state index contributed by atoms with van der Waals surface area (Å²) < 4.78 is 24.5. The van der Waals surface area contributed by atoms with E-state index in [1.165, 1.54) is 35.0 Å². The Morgan fingerprint density at radius 3 is 2.41 bits per heavy atom. The van der Waals surface area contributed by atoms with Crippen LogP contribution in [0.3, 0.4) is 0 Å². The molecular weight excluding hydrogens is 377 g/mol. The number of aromatic nitrogens is 2. The highest BCUT2D eigenvalue weighted by Gasteiger charge is 2.06. The minimum atomic E-state index is -0.378. The maximum atomic E-state index is 12.8.